The van der Waals surface area contributed by atoms with Crippen molar-refractivity contribution in [2.24, 2.45) is 0 Å². The number of carbonyl (C=O) groups is 1. The summed E-state index contributed by atoms with van der Waals surface area (Å²) < 4.78 is 0.907. The SMILES string of the molecule is O=C(Cc1cncc(Br)c1)C1CNCc2ccccc21. The Kier molecular flexibility index (Phi) is 3.94. The van der Waals surface area contributed by atoms with E-state index in [0.717, 1.165) is 23.1 Å². The molecule has 1 N–H and O–H groups in total. The number of aromatic nitrogens is 1. The van der Waals surface area contributed by atoms with Crippen LogP contribution in [0, 0.1) is 0 Å². The Bertz CT molecular complexity index is 642. The van der Waals surface area contributed by atoms with Crippen molar-refractivity contribution in [1.29, 1.82) is 0 Å². The molecule has 3 rings (SSSR count). The normalized spacial score (nSPS) is 17.6. The van der Waals surface area contributed by atoms with E-state index in [-0.39, 0.29) is 11.7 Å². The van der Waals surface area contributed by atoms with Gasteiger partial charge in [0.05, 0.1) is 5.92 Å². The molecule has 20 heavy (non-hydrogen) atoms. The highest BCUT2D eigenvalue weighted by Crippen LogP contribution is 2.25. The molecule has 0 aliphatic carbocycles. The fourth-order valence-corrected chi connectivity index (χ4v) is 3.07. The molecule has 0 radical (unpaired) electrons. The predicted molar refractivity (Wildman–Crippen MR) is 81.5 cm³/mol. The molecule has 0 amide bonds. The molecule has 2 aromatic rings. The number of fused-ring (bicyclic) bond motifs is 1. The van der Waals surface area contributed by atoms with E-state index in [2.05, 4.69) is 38.4 Å². The third-order valence-corrected chi connectivity index (χ3v) is 4.06. The summed E-state index contributed by atoms with van der Waals surface area (Å²) in [6.07, 6.45) is 3.91. The lowest BCUT2D eigenvalue weighted by Gasteiger charge is -2.25. The topological polar surface area (TPSA) is 42.0 Å². The van der Waals surface area contributed by atoms with E-state index in [9.17, 15) is 4.79 Å². The van der Waals surface area contributed by atoms with Gasteiger partial charge in [0.15, 0.2) is 0 Å². The van der Waals surface area contributed by atoms with Crippen LogP contribution in [0.15, 0.2) is 47.2 Å². The van der Waals surface area contributed by atoms with Crippen LogP contribution in [0.3, 0.4) is 0 Å². The average molecular weight is 331 g/mol. The van der Waals surface area contributed by atoms with Crippen LogP contribution in [0.1, 0.15) is 22.6 Å². The monoisotopic (exact) mass is 330 g/mol. The number of ketones is 1. The minimum absolute atomic E-state index is 0.0565. The number of pyridine rings is 1. The first-order valence-corrected chi connectivity index (χ1v) is 7.44. The number of nitrogens with one attached hydrogen (secondary N) is 1. The van der Waals surface area contributed by atoms with Gasteiger partial charge in [-0.05, 0) is 38.7 Å². The van der Waals surface area contributed by atoms with Crippen molar-refractivity contribution < 1.29 is 4.79 Å². The highest BCUT2D eigenvalue weighted by atomic mass is 79.9. The van der Waals surface area contributed by atoms with Crippen molar-refractivity contribution in [3.05, 3.63) is 63.9 Å². The molecule has 0 fully saturated rings. The quantitative estimate of drug-likeness (QED) is 0.940. The molecule has 1 aromatic heterocycles. The predicted octanol–water partition coefficient (Wildman–Crippen LogP) is 2.84. The molecular weight excluding hydrogens is 316 g/mol. The highest BCUT2D eigenvalue weighted by Gasteiger charge is 2.25. The molecule has 3 nitrogen and oxygen atoms in total. The van der Waals surface area contributed by atoms with Crippen LogP contribution in [0.4, 0.5) is 0 Å². The van der Waals surface area contributed by atoms with E-state index >= 15 is 0 Å². The molecular formula is C16H15BrN2O. The van der Waals surface area contributed by atoms with Gasteiger partial charge in [-0.25, -0.2) is 0 Å². The van der Waals surface area contributed by atoms with Crippen molar-refractivity contribution in [3.8, 4) is 0 Å². The van der Waals surface area contributed by atoms with Crippen molar-refractivity contribution >= 4 is 21.7 Å². The second kappa shape index (κ2) is 5.85. The van der Waals surface area contributed by atoms with Crippen molar-refractivity contribution in [3.63, 3.8) is 0 Å². The minimum Gasteiger partial charge on any atom is -0.312 e. The number of halogens is 1. The minimum atomic E-state index is -0.0565. The standard InChI is InChI=1S/C16H15BrN2O/c17-13-5-11(7-18-9-13)6-16(20)15-10-19-8-12-3-1-2-4-14(12)15/h1-5,7,9,15,19H,6,8,10H2. The summed E-state index contributed by atoms with van der Waals surface area (Å²) in [6, 6.07) is 10.1. The van der Waals surface area contributed by atoms with Gasteiger partial charge >= 0.3 is 0 Å². The number of hydrogen-bond acceptors (Lipinski definition) is 3. The maximum atomic E-state index is 12.6. The third kappa shape index (κ3) is 2.81. The molecule has 1 atom stereocenters. The van der Waals surface area contributed by atoms with Gasteiger partial charge in [0.2, 0.25) is 0 Å². The Hall–Kier alpha value is -1.52. The molecule has 4 heteroatoms. The molecule has 1 aliphatic rings. The third-order valence-electron chi connectivity index (χ3n) is 3.62. The zero-order chi connectivity index (χ0) is 13.9. The lowest BCUT2D eigenvalue weighted by molar-refractivity contribution is -0.119. The van der Waals surface area contributed by atoms with Crippen molar-refractivity contribution in [2.45, 2.75) is 18.9 Å². The Morgan fingerprint density at radius 3 is 3.05 bits per heavy atom. The summed E-state index contributed by atoms with van der Waals surface area (Å²) in [5.74, 6) is 0.184. The Balaban J connectivity index is 1.82. The summed E-state index contributed by atoms with van der Waals surface area (Å²) in [6.45, 7) is 1.57. The van der Waals surface area contributed by atoms with Crippen molar-refractivity contribution in [1.82, 2.24) is 10.3 Å². The lowest BCUT2D eigenvalue weighted by Crippen LogP contribution is -2.33. The van der Waals surface area contributed by atoms with Crippen LogP contribution < -0.4 is 5.32 Å². The summed E-state index contributed by atoms with van der Waals surface area (Å²) >= 11 is 3.39. The number of carbonyl (C=O) groups excluding carboxylic acids is 1. The van der Waals surface area contributed by atoms with Crippen LogP contribution in [0.2, 0.25) is 0 Å². The maximum absolute atomic E-state index is 12.6. The van der Waals surface area contributed by atoms with Gasteiger partial charge in [-0.15, -0.1) is 0 Å². The number of Topliss-reactive ketones (excluding diaryl/α,β-unsaturated/α-hetero) is 1. The van der Waals surface area contributed by atoms with E-state index in [1.165, 1.54) is 11.1 Å². The van der Waals surface area contributed by atoms with E-state index in [4.69, 9.17) is 0 Å². The largest absolute Gasteiger partial charge is 0.312 e. The second-order valence-corrected chi connectivity index (χ2v) is 5.95. The molecule has 0 saturated heterocycles. The summed E-state index contributed by atoms with van der Waals surface area (Å²) in [5, 5.41) is 3.32. The van der Waals surface area contributed by atoms with Gasteiger partial charge in [0.25, 0.3) is 0 Å². The van der Waals surface area contributed by atoms with Crippen LogP contribution in [-0.2, 0) is 17.8 Å². The molecule has 2 heterocycles. The average Bonchev–Trinajstić information content (AvgIpc) is 2.46. The number of nitrogens with zero attached hydrogens (tertiary/aromatic N) is 1. The van der Waals surface area contributed by atoms with Gasteiger partial charge in [0, 0.05) is 36.4 Å². The maximum Gasteiger partial charge on any atom is 0.146 e. The molecule has 1 aromatic carbocycles. The zero-order valence-electron chi connectivity index (χ0n) is 11.0. The Morgan fingerprint density at radius 2 is 2.20 bits per heavy atom. The summed E-state index contributed by atoms with van der Waals surface area (Å²) in [5.41, 5.74) is 3.34. The smallest absolute Gasteiger partial charge is 0.146 e. The van der Waals surface area contributed by atoms with Gasteiger partial charge in [-0.1, -0.05) is 24.3 Å². The lowest BCUT2D eigenvalue weighted by atomic mass is 9.86. The summed E-state index contributed by atoms with van der Waals surface area (Å²) in [7, 11) is 0. The molecule has 0 spiro atoms. The molecule has 1 unspecified atom stereocenters. The fourth-order valence-electron chi connectivity index (χ4n) is 2.66. The van der Waals surface area contributed by atoms with E-state index < -0.39 is 0 Å². The van der Waals surface area contributed by atoms with Gasteiger partial charge < -0.3 is 5.32 Å². The first-order chi connectivity index (χ1) is 9.74. The Morgan fingerprint density at radius 1 is 1.35 bits per heavy atom. The second-order valence-electron chi connectivity index (χ2n) is 5.04. The van der Waals surface area contributed by atoms with Crippen molar-refractivity contribution in [2.75, 3.05) is 6.54 Å². The molecule has 102 valence electrons. The fraction of sp³-hybridized carbons (Fsp3) is 0.250. The first-order valence-electron chi connectivity index (χ1n) is 6.64. The van der Waals surface area contributed by atoms with Gasteiger partial charge in [-0.3, -0.25) is 9.78 Å². The van der Waals surface area contributed by atoms with E-state index in [1.807, 2.05) is 18.2 Å². The number of hydrogen-bond donors (Lipinski definition) is 1. The Labute approximate surface area is 126 Å². The summed E-state index contributed by atoms with van der Waals surface area (Å²) in [4.78, 5) is 16.7. The highest BCUT2D eigenvalue weighted by molar-refractivity contribution is 9.10. The van der Waals surface area contributed by atoms with Crippen LogP contribution in [0.25, 0.3) is 0 Å². The van der Waals surface area contributed by atoms with Crippen LogP contribution >= 0.6 is 15.9 Å². The number of rotatable bonds is 3. The number of benzene rings is 1. The van der Waals surface area contributed by atoms with E-state index in [1.54, 1.807) is 12.4 Å². The zero-order valence-corrected chi connectivity index (χ0v) is 12.6. The first kappa shape index (κ1) is 13.5. The van der Waals surface area contributed by atoms with Gasteiger partial charge in [-0.2, -0.15) is 0 Å². The van der Waals surface area contributed by atoms with Gasteiger partial charge in [0.1, 0.15) is 5.78 Å². The van der Waals surface area contributed by atoms with Crippen LogP contribution in [-0.4, -0.2) is 17.3 Å². The van der Waals surface area contributed by atoms with Crippen LogP contribution in [0.5, 0.6) is 0 Å². The molecule has 0 saturated carbocycles. The van der Waals surface area contributed by atoms with E-state index in [0.29, 0.717) is 6.42 Å². The molecule has 1 aliphatic heterocycles. The molecule has 0 bridgehead atoms.